The number of hydrogen-bond acceptors (Lipinski definition) is 4. The second kappa shape index (κ2) is 5.07. The summed E-state index contributed by atoms with van der Waals surface area (Å²) in [4.78, 5) is 23.6. The van der Waals surface area contributed by atoms with E-state index in [2.05, 4.69) is 0 Å². The zero-order chi connectivity index (χ0) is 14.2. The Labute approximate surface area is 118 Å². The van der Waals surface area contributed by atoms with Crippen LogP contribution < -0.4 is 11.4 Å². The van der Waals surface area contributed by atoms with Crippen LogP contribution in [0, 0.1) is 0 Å². The largest absolute Gasteiger partial charge is 0.421 e. The van der Waals surface area contributed by atoms with Crippen molar-refractivity contribution in [3.05, 3.63) is 56.0 Å². The lowest BCUT2D eigenvalue weighted by molar-refractivity contribution is 0.104. The van der Waals surface area contributed by atoms with Crippen LogP contribution in [0.25, 0.3) is 11.0 Å². The van der Waals surface area contributed by atoms with Crippen LogP contribution in [0.2, 0.25) is 10.0 Å². The lowest BCUT2D eigenvalue weighted by Gasteiger charge is -2.02. The lowest BCUT2D eigenvalue weighted by Crippen LogP contribution is -2.13. The van der Waals surface area contributed by atoms with Crippen LogP contribution in [-0.2, 0) is 0 Å². The Morgan fingerprint density at radius 1 is 1.32 bits per heavy atom. The van der Waals surface area contributed by atoms with Crippen molar-refractivity contribution in [2.45, 2.75) is 6.92 Å². The molecule has 0 atom stereocenters. The van der Waals surface area contributed by atoms with Gasteiger partial charge in [-0.1, -0.05) is 23.2 Å². The molecule has 0 aliphatic rings. The fourth-order valence-electron chi connectivity index (χ4n) is 1.61. The molecule has 0 saturated heterocycles. The number of ketones is 1. The second-order valence-electron chi connectivity index (χ2n) is 4.01. The molecule has 98 valence electrons. The third-order valence-corrected chi connectivity index (χ3v) is 2.87. The molecule has 19 heavy (non-hydrogen) atoms. The average Bonchev–Trinajstić information content (AvgIpc) is 2.28. The van der Waals surface area contributed by atoms with Gasteiger partial charge in [0.05, 0.1) is 5.02 Å². The van der Waals surface area contributed by atoms with E-state index in [0.29, 0.717) is 16.1 Å². The predicted molar refractivity (Wildman–Crippen MR) is 74.8 cm³/mol. The van der Waals surface area contributed by atoms with E-state index in [9.17, 15) is 9.59 Å². The zero-order valence-corrected chi connectivity index (χ0v) is 11.4. The lowest BCUT2D eigenvalue weighted by atomic mass is 10.1. The molecule has 0 amide bonds. The maximum atomic E-state index is 11.8. The topological polar surface area (TPSA) is 73.3 Å². The monoisotopic (exact) mass is 297 g/mol. The Kier molecular flexibility index (Phi) is 3.64. The number of hydrogen-bond donors (Lipinski definition) is 1. The molecule has 0 spiro atoms. The van der Waals surface area contributed by atoms with Crippen molar-refractivity contribution in [3.63, 3.8) is 0 Å². The van der Waals surface area contributed by atoms with E-state index in [1.807, 2.05) is 0 Å². The minimum atomic E-state index is -0.765. The van der Waals surface area contributed by atoms with Crippen LogP contribution >= 0.6 is 23.2 Å². The SMILES string of the molecule is C/C(N)=C/C(=O)c1cc2cc(Cl)cc(Cl)c2oc1=O. The standard InChI is InChI=1S/C13H9Cl2NO3/c1-6(16)2-11(17)9-4-7-3-8(14)5-10(15)12(7)19-13(9)18/h2-5H,16H2,1H3/b6-2-. The van der Waals surface area contributed by atoms with Crippen molar-refractivity contribution in [3.8, 4) is 0 Å². The molecule has 0 aliphatic carbocycles. The molecule has 1 aromatic carbocycles. The number of nitrogens with two attached hydrogens (primary N) is 1. The Bertz CT molecular complexity index is 758. The van der Waals surface area contributed by atoms with E-state index in [0.717, 1.165) is 6.08 Å². The van der Waals surface area contributed by atoms with Gasteiger partial charge in [0, 0.05) is 22.2 Å². The van der Waals surface area contributed by atoms with Crippen molar-refractivity contribution in [2.24, 2.45) is 5.73 Å². The number of halogens is 2. The average molecular weight is 298 g/mol. The maximum Gasteiger partial charge on any atom is 0.347 e. The summed E-state index contributed by atoms with van der Waals surface area (Å²) in [6.07, 6.45) is 1.16. The molecule has 4 nitrogen and oxygen atoms in total. The summed E-state index contributed by atoms with van der Waals surface area (Å²) in [5, 5.41) is 1.07. The predicted octanol–water partition coefficient (Wildman–Crippen LogP) is 3.15. The summed E-state index contributed by atoms with van der Waals surface area (Å²) in [5.41, 5.74) is 5.02. The molecule has 0 aliphatic heterocycles. The highest BCUT2D eigenvalue weighted by Gasteiger charge is 2.14. The van der Waals surface area contributed by atoms with Crippen molar-refractivity contribution in [1.29, 1.82) is 0 Å². The second-order valence-corrected chi connectivity index (χ2v) is 4.85. The number of carbonyl (C=O) groups is 1. The zero-order valence-electron chi connectivity index (χ0n) is 9.87. The first kappa shape index (κ1) is 13.6. The summed E-state index contributed by atoms with van der Waals surface area (Å²) >= 11 is 11.8. The van der Waals surface area contributed by atoms with Crippen LogP contribution in [0.1, 0.15) is 17.3 Å². The van der Waals surface area contributed by atoms with Gasteiger partial charge in [0.25, 0.3) is 0 Å². The highest BCUT2D eigenvalue weighted by molar-refractivity contribution is 6.38. The van der Waals surface area contributed by atoms with E-state index < -0.39 is 11.4 Å². The van der Waals surface area contributed by atoms with Gasteiger partial charge >= 0.3 is 5.63 Å². The number of carbonyl (C=O) groups excluding carboxylic acids is 1. The molecule has 2 rings (SSSR count). The summed E-state index contributed by atoms with van der Waals surface area (Å²) < 4.78 is 5.04. The number of allylic oxidation sites excluding steroid dienone is 2. The van der Waals surface area contributed by atoms with Crippen molar-refractivity contribution >= 4 is 40.0 Å². The van der Waals surface area contributed by atoms with E-state index in [4.69, 9.17) is 33.4 Å². The molecule has 1 aromatic heterocycles. The van der Waals surface area contributed by atoms with Crippen molar-refractivity contribution < 1.29 is 9.21 Å². The van der Waals surface area contributed by atoms with Crippen LogP contribution in [0.5, 0.6) is 0 Å². The number of fused-ring (bicyclic) bond motifs is 1. The summed E-state index contributed by atoms with van der Waals surface area (Å²) in [5.74, 6) is -0.522. The smallest absolute Gasteiger partial charge is 0.347 e. The molecule has 0 fully saturated rings. The summed E-state index contributed by atoms with van der Waals surface area (Å²) in [6, 6.07) is 4.40. The van der Waals surface area contributed by atoms with Crippen LogP contribution in [0.15, 0.2) is 39.2 Å². The van der Waals surface area contributed by atoms with Gasteiger partial charge in [0.2, 0.25) is 0 Å². The first-order valence-corrected chi connectivity index (χ1v) is 6.05. The fraction of sp³-hybridized carbons (Fsp3) is 0.0769. The molecule has 0 unspecified atom stereocenters. The van der Waals surface area contributed by atoms with Crippen LogP contribution in [0.3, 0.4) is 0 Å². The van der Waals surface area contributed by atoms with E-state index in [1.54, 1.807) is 13.0 Å². The van der Waals surface area contributed by atoms with Gasteiger partial charge in [0.1, 0.15) is 5.56 Å². The fourth-order valence-corrected chi connectivity index (χ4v) is 2.16. The highest BCUT2D eigenvalue weighted by atomic mass is 35.5. The molecule has 0 bridgehead atoms. The maximum absolute atomic E-state index is 11.8. The minimum absolute atomic E-state index is 0.115. The molecule has 0 saturated carbocycles. The van der Waals surface area contributed by atoms with Gasteiger partial charge in [-0.05, 0) is 25.1 Å². The van der Waals surface area contributed by atoms with Gasteiger partial charge in [-0.3, -0.25) is 4.79 Å². The summed E-state index contributed by atoms with van der Waals surface area (Å²) in [6.45, 7) is 1.55. The number of rotatable bonds is 2. The van der Waals surface area contributed by atoms with Crippen molar-refractivity contribution in [2.75, 3.05) is 0 Å². The third kappa shape index (κ3) is 2.80. The molecular formula is C13H9Cl2NO3. The molecule has 2 N–H and O–H groups in total. The quantitative estimate of drug-likeness (QED) is 0.525. The van der Waals surface area contributed by atoms with E-state index in [1.165, 1.54) is 12.1 Å². The minimum Gasteiger partial charge on any atom is -0.421 e. The molecule has 6 heteroatoms. The van der Waals surface area contributed by atoms with E-state index >= 15 is 0 Å². The summed E-state index contributed by atoms with van der Waals surface area (Å²) in [7, 11) is 0. The normalized spacial score (nSPS) is 11.8. The molecule has 0 radical (unpaired) electrons. The number of benzene rings is 1. The molecular weight excluding hydrogens is 289 g/mol. The van der Waals surface area contributed by atoms with Gasteiger partial charge in [-0.2, -0.15) is 0 Å². The Balaban J connectivity index is 2.72. The molecule has 1 heterocycles. The Morgan fingerprint density at radius 2 is 2.00 bits per heavy atom. The molecule has 2 aromatic rings. The third-order valence-electron chi connectivity index (χ3n) is 2.38. The van der Waals surface area contributed by atoms with Gasteiger partial charge in [-0.25, -0.2) is 4.79 Å². The van der Waals surface area contributed by atoms with Gasteiger partial charge in [0.15, 0.2) is 11.4 Å². The van der Waals surface area contributed by atoms with Gasteiger partial charge in [-0.15, -0.1) is 0 Å². The first-order chi connectivity index (χ1) is 8.88. The first-order valence-electron chi connectivity index (χ1n) is 5.29. The Hall–Kier alpha value is -1.78. The highest BCUT2D eigenvalue weighted by Crippen LogP contribution is 2.27. The van der Waals surface area contributed by atoms with E-state index in [-0.39, 0.29) is 16.2 Å². The van der Waals surface area contributed by atoms with Crippen molar-refractivity contribution in [1.82, 2.24) is 0 Å². The van der Waals surface area contributed by atoms with Crippen LogP contribution in [0.4, 0.5) is 0 Å². The van der Waals surface area contributed by atoms with Crippen LogP contribution in [-0.4, -0.2) is 5.78 Å². The van der Waals surface area contributed by atoms with Gasteiger partial charge < -0.3 is 10.2 Å². The Morgan fingerprint density at radius 3 is 2.63 bits per heavy atom.